The number of halogens is 1. The number of amides is 2. The summed E-state index contributed by atoms with van der Waals surface area (Å²) in [6, 6.07) is 13.6. The van der Waals surface area contributed by atoms with Crippen molar-refractivity contribution >= 4 is 34.8 Å². The van der Waals surface area contributed by atoms with E-state index in [1.54, 1.807) is 6.07 Å². The van der Waals surface area contributed by atoms with E-state index in [-0.39, 0.29) is 18.4 Å². The van der Waals surface area contributed by atoms with E-state index in [9.17, 15) is 9.59 Å². The van der Waals surface area contributed by atoms with E-state index in [1.165, 1.54) is 5.56 Å². The fourth-order valence-electron chi connectivity index (χ4n) is 3.34. The molecule has 1 saturated heterocycles. The Labute approximate surface area is 171 Å². The molecule has 3 rings (SSSR count). The van der Waals surface area contributed by atoms with Gasteiger partial charge < -0.3 is 15.5 Å². The normalized spacial score (nSPS) is 14.1. The van der Waals surface area contributed by atoms with E-state index in [1.807, 2.05) is 29.2 Å². The zero-order valence-electron chi connectivity index (χ0n) is 16.3. The summed E-state index contributed by atoms with van der Waals surface area (Å²) in [5.41, 5.74) is 3.71. The highest BCUT2D eigenvalue weighted by atomic mass is 35.5. The van der Waals surface area contributed by atoms with Crippen LogP contribution in [0.1, 0.15) is 25.0 Å². The van der Waals surface area contributed by atoms with Crippen LogP contribution in [0.5, 0.6) is 0 Å². The van der Waals surface area contributed by atoms with Crippen molar-refractivity contribution in [1.29, 1.82) is 0 Å². The highest BCUT2D eigenvalue weighted by molar-refractivity contribution is 6.33. The Kier molecular flexibility index (Phi) is 6.57. The molecule has 1 aliphatic rings. The van der Waals surface area contributed by atoms with E-state index in [0.29, 0.717) is 36.1 Å². The lowest BCUT2D eigenvalue weighted by Gasteiger charge is -2.29. The molecular formula is C22H26ClN3O2. The molecule has 2 amide bonds. The SMILES string of the molecule is CC(C)Cc1ccc(CC(=O)Nc2ccc(N3CCNC(=O)C3)c(Cl)c2)cc1. The van der Waals surface area contributed by atoms with Gasteiger partial charge in [0.15, 0.2) is 0 Å². The monoisotopic (exact) mass is 399 g/mol. The van der Waals surface area contributed by atoms with Crippen LogP contribution in [-0.2, 0) is 22.4 Å². The number of benzene rings is 2. The van der Waals surface area contributed by atoms with Crippen molar-refractivity contribution in [2.45, 2.75) is 26.7 Å². The number of anilines is 2. The van der Waals surface area contributed by atoms with Crippen molar-refractivity contribution in [2.75, 3.05) is 29.9 Å². The Hall–Kier alpha value is -2.53. The molecule has 0 aromatic heterocycles. The highest BCUT2D eigenvalue weighted by Crippen LogP contribution is 2.29. The molecule has 1 heterocycles. The van der Waals surface area contributed by atoms with Gasteiger partial charge in [-0.05, 0) is 41.7 Å². The second-order valence-corrected chi connectivity index (χ2v) is 7.98. The first-order chi connectivity index (χ1) is 13.4. The number of nitrogens with zero attached hydrogens (tertiary/aromatic N) is 1. The molecule has 0 atom stereocenters. The van der Waals surface area contributed by atoms with E-state index >= 15 is 0 Å². The number of hydrogen-bond acceptors (Lipinski definition) is 3. The standard InChI is InChI=1S/C22H26ClN3O2/c1-15(2)11-16-3-5-17(6-4-16)12-21(27)25-18-7-8-20(19(23)13-18)26-10-9-24-22(28)14-26/h3-8,13,15H,9-12,14H2,1-2H3,(H,24,28)(H,25,27). The maximum absolute atomic E-state index is 12.4. The van der Waals surface area contributed by atoms with Crippen molar-refractivity contribution < 1.29 is 9.59 Å². The van der Waals surface area contributed by atoms with Gasteiger partial charge >= 0.3 is 0 Å². The summed E-state index contributed by atoms with van der Waals surface area (Å²) in [5, 5.41) is 6.21. The van der Waals surface area contributed by atoms with E-state index in [0.717, 1.165) is 17.7 Å². The number of nitrogens with one attached hydrogen (secondary N) is 2. The molecule has 0 aliphatic carbocycles. The van der Waals surface area contributed by atoms with Crippen molar-refractivity contribution in [1.82, 2.24) is 5.32 Å². The number of hydrogen-bond donors (Lipinski definition) is 2. The number of carbonyl (C=O) groups is 2. The van der Waals surface area contributed by atoms with Crippen molar-refractivity contribution in [3.8, 4) is 0 Å². The first-order valence-corrected chi connectivity index (χ1v) is 9.97. The van der Waals surface area contributed by atoms with Crippen LogP contribution < -0.4 is 15.5 Å². The molecule has 0 radical (unpaired) electrons. The molecule has 2 aromatic carbocycles. The molecule has 148 valence electrons. The number of piperazine rings is 1. The van der Waals surface area contributed by atoms with Crippen LogP contribution in [0.2, 0.25) is 5.02 Å². The molecule has 2 aromatic rings. The maximum atomic E-state index is 12.4. The Morgan fingerprint density at radius 2 is 1.89 bits per heavy atom. The van der Waals surface area contributed by atoms with Crippen LogP contribution in [0.25, 0.3) is 0 Å². The first-order valence-electron chi connectivity index (χ1n) is 9.59. The average Bonchev–Trinajstić information content (AvgIpc) is 2.63. The zero-order valence-corrected chi connectivity index (χ0v) is 17.1. The minimum Gasteiger partial charge on any atom is -0.359 e. The molecule has 5 nitrogen and oxygen atoms in total. The summed E-state index contributed by atoms with van der Waals surface area (Å²) in [5.74, 6) is 0.512. The van der Waals surface area contributed by atoms with Gasteiger partial charge in [-0.25, -0.2) is 0 Å². The van der Waals surface area contributed by atoms with Gasteiger partial charge in [0, 0.05) is 18.8 Å². The fourth-order valence-corrected chi connectivity index (χ4v) is 3.64. The summed E-state index contributed by atoms with van der Waals surface area (Å²) < 4.78 is 0. The van der Waals surface area contributed by atoms with Gasteiger partial charge in [0.25, 0.3) is 0 Å². The fraction of sp³-hybridized carbons (Fsp3) is 0.364. The van der Waals surface area contributed by atoms with Crippen LogP contribution in [0.3, 0.4) is 0 Å². The van der Waals surface area contributed by atoms with Crippen molar-refractivity contribution in [2.24, 2.45) is 5.92 Å². The second kappa shape index (κ2) is 9.11. The lowest BCUT2D eigenvalue weighted by molar-refractivity contribution is -0.120. The largest absolute Gasteiger partial charge is 0.359 e. The molecule has 0 bridgehead atoms. The third kappa shape index (κ3) is 5.49. The van der Waals surface area contributed by atoms with Gasteiger partial charge in [-0.3, -0.25) is 9.59 Å². The van der Waals surface area contributed by atoms with Gasteiger partial charge in [0.05, 0.1) is 23.7 Å². The molecule has 0 unspecified atom stereocenters. The molecular weight excluding hydrogens is 374 g/mol. The molecule has 0 saturated carbocycles. The topological polar surface area (TPSA) is 61.4 Å². The van der Waals surface area contributed by atoms with Gasteiger partial charge in [-0.15, -0.1) is 0 Å². The van der Waals surface area contributed by atoms with Gasteiger partial charge in [-0.2, -0.15) is 0 Å². The summed E-state index contributed by atoms with van der Waals surface area (Å²) >= 11 is 6.39. The van der Waals surface area contributed by atoms with Gasteiger partial charge in [0.1, 0.15) is 0 Å². The Morgan fingerprint density at radius 1 is 1.18 bits per heavy atom. The lowest BCUT2D eigenvalue weighted by atomic mass is 10.0. The third-order valence-electron chi connectivity index (χ3n) is 4.64. The van der Waals surface area contributed by atoms with Crippen LogP contribution in [0.4, 0.5) is 11.4 Å². The molecule has 28 heavy (non-hydrogen) atoms. The van der Waals surface area contributed by atoms with E-state index < -0.39 is 0 Å². The molecule has 2 N–H and O–H groups in total. The summed E-state index contributed by atoms with van der Waals surface area (Å²) in [7, 11) is 0. The minimum absolute atomic E-state index is 0.0147. The van der Waals surface area contributed by atoms with Crippen LogP contribution in [0.15, 0.2) is 42.5 Å². The zero-order chi connectivity index (χ0) is 20.1. The quantitative estimate of drug-likeness (QED) is 0.779. The molecule has 1 aliphatic heterocycles. The number of rotatable bonds is 6. The predicted octanol–water partition coefficient (Wildman–Crippen LogP) is 3.66. The minimum atomic E-state index is -0.0854. The lowest BCUT2D eigenvalue weighted by Crippen LogP contribution is -2.47. The molecule has 0 spiro atoms. The second-order valence-electron chi connectivity index (χ2n) is 7.58. The third-order valence-corrected chi connectivity index (χ3v) is 4.94. The van der Waals surface area contributed by atoms with Crippen LogP contribution >= 0.6 is 11.6 Å². The van der Waals surface area contributed by atoms with Crippen molar-refractivity contribution in [3.05, 3.63) is 58.6 Å². The van der Waals surface area contributed by atoms with Crippen LogP contribution in [0, 0.1) is 5.92 Å². The number of carbonyl (C=O) groups excluding carboxylic acids is 2. The molecule has 1 fully saturated rings. The van der Waals surface area contributed by atoms with Gasteiger partial charge in [-0.1, -0.05) is 49.7 Å². The van der Waals surface area contributed by atoms with Gasteiger partial charge in [0.2, 0.25) is 11.8 Å². The summed E-state index contributed by atoms with van der Waals surface area (Å²) in [6.45, 7) is 5.99. The summed E-state index contributed by atoms with van der Waals surface area (Å²) in [6.07, 6.45) is 1.35. The van der Waals surface area contributed by atoms with Crippen molar-refractivity contribution in [3.63, 3.8) is 0 Å². The van der Waals surface area contributed by atoms with E-state index in [2.05, 4.69) is 36.6 Å². The molecule has 6 heteroatoms. The average molecular weight is 400 g/mol. The Morgan fingerprint density at radius 3 is 2.54 bits per heavy atom. The highest BCUT2D eigenvalue weighted by Gasteiger charge is 2.19. The predicted molar refractivity (Wildman–Crippen MR) is 114 cm³/mol. The Balaban J connectivity index is 1.59. The van der Waals surface area contributed by atoms with Crippen LogP contribution in [-0.4, -0.2) is 31.4 Å². The maximum Gasteiger partial charge on any atom is 0.239 e. The summed E-state index contributed by atoms with van der Waals surface area (Å²) in [4.78, 5) is 25.9. The Bertz CT molecular complexity index is 849. The van der Waals surface area contributed by atoms with E-state index in [4.69, 9.17) is 11.6 Å². The first kappa shape index (κ1) is 20.2. The smallest absolute Gasteiger partial charge is 0.239 e.